The highest BCUT2D eigenvalue weighted by molar-refractivity contribution is 5.79. The number of carboxylic acids is 1. The van der Waals surface area contributed by atoms with Crippen molar-refractivity contribution in [2.45, 2.75) is 44.2 Å². The van der Waals surface area contributed by atoms with Crippen molar-refractivity contribution >= 4 is 11.9 Å². The van der Waals surface area contributed by atoms with Crippen molar-refractivity contribution in [1.29, 1.82) is 0 Å². The first kappa shape index (κ1) is 19.7. The van der Waals surface area contributed by atoms with Gasteiger partial charge in [-0.3, -0.25) is 9.59 Å². The van der Waals surface area contributed by atoms with E-state index in [1.807, 2.05) is 42.5 Å². The van der Waals surface area contributed by atoms with Gasteiger partial charge in [-0.25, -0.2) is 0 Å². The summed E-state index contributed by atoms with van der Waals surface area (Å²) in [6, 6.07) is 17.0. The lowest BCUT2D eigenvalue weighted by molar-refractivity contribution is -0.139. The molecule has 6 nitrogen and oxygen atoms in total. The summed E-state index contributed by atoms with van der Waals surface area (Å²) in [5.74, 6) is -0.184. The maximum absolute atomic E-state index is 12.4. The number of ether oxygens (including phenoxy) is 2. The smallest absolute Gasteiger partial charge is 0.305 e. The Labute approximate surface area is 164 Å². The highest BCUT2D eigenvalue weighted by Crippen LogP contribution is 2.33. The number of carboxylic acid groups (broad SMARTS) is 1. The Balaban J connectivity index is 1.56. The number of amides is 1. The minimum atomic E-state index is -0.900. The van der Waals surface area contributed by atoms with Gasteiger partial charge >= 0.3 is 5.97 Å². The van der Waals surface area contributed by atoms with Gasteiger partial charge in [0, 0.05) is 0 Å². The molecule has 2 aromatic rings. The number of hydrogen-bond donors (Lipinski definition) is 2. The zero-order chi connectivity index (χ0) is 19.8. The molecule has 0 spiro atoms. The molecule has 2 N–H and O–H groups in total. The molecule has 0 unspecified atom stereocenters. The number of hydrogen-bond acceptors (Lipinski definition) is 4. The van der Waals surface area contributed by atoms with E-state index in [1.165, 1.54) is 0 Å². The summed E-state index contributed by atoms with van der Waals surface area (Å²) >= 11 is 0. The van der Waals surface area contributed by atoms with E-state index in [-0.39, 0.29) is 18.9 Å². The zero-order valence-corrected chi connectivity index (χ0v) is 15.7. The van der Waals surface area contributed by atoms with Crippen molar-refractivity contribution in [2.75, 3.05) is 6.61 Å². The molecule has 0 heterocycles. The molecule has 0 radical (unpaired) electrons. The minimum Gasteiger partial charge on any atom is -0.485 e. The quantitative estimate of drug-likeness (QED) is 0.692. The topological polar surface area (TPSA) is 84.9 Å². The second kappa shape index (κ2) is 9.26. The number of nitrogens with one attached hydrogen (secondary N) is 1. The lowest BCUT2D eigenvalue weighted by Crippen LogP contribution is -2.49. The third-order valence-electron chi connectivity index (χ3n) is 4.90. The highest BCUT2D eigenvalue weighted by atomic mass is 16.5. The molecule has 1 aliphatic carbocycles. The second-order valence-electron chi connectivity index (χ2n) is 7.12. The molecule has 0 bridgehead atoms. The molecule has 3 rings (SSSR count). The van der Waals surface area contributed by atoms with Crippen molar-refractivity contribution in [1.82, 2.24) is 5.32 Å². The van der Waals surface area contributed by atoms with Crippen LogP contribution in [-0.2, 0) is 16.2 Å². The lowest BCUT2D eigenvalue weighted by Gasteiger charge is -2.28. The van der Waals surface area contributed by atoms with Gasteiger partial charge in [0.15, 0.2) is 18.1 Å². The van der Waals surface area contributed by atoms with Crippen LogP contribution in [0.4, 0.5) is 0 Å². The number of para-hydroxylation sites is 2. The van der Waals surface area contributed by atoms with Crippen molar-refractivity contribution in [3.05, 3.63) is 60.2 Å². The molecule has 28 heavy (non-hydrogen) atoms. The van der Waals surface area contributed by atoms with Gasteiger partial charge in [0.05, 0.1) is 12.0 Å². The average Bonchev–Trinajstić information content (AvgIpc) is 3.13. The van der Waals surface area contributed by atoms with E-state index in [1.54, 1.807) is 12.1 Å². The first-order chi connectivity index (χ1) is 13.6. The minimum absolute atomic E-state index is 0.0600. The molecule has 0 saturated heterocycles. The van der Waals surface area contributed by atoms with E-state index in [2.05, 4.69) is 5.32 Å². The summed E-state index contributed by atoms with van der Waals surface area (Å²) in [7, 11) is 0. The van der Waals surface area contributed by atoms with Crippen LogP contribution < -0.4 is 14.8 Å². The van der Waals surface area contributed by atoms with Gasteiger partial charge in [-0.15, -0.1) is 0 Å². The first-order valence-corrected chi connectivity index (χ1v) is 9.48. The Kier molecular flexibility index (Phi) is 6.53. The maximum Gasteiger partial charge on any atom is 0.305 e. The van der Waals surface area contributed by atoms with Crippen LogP contribution in [0.1, 0.15) is 37.7 Å². The van der Waals surface area contributed by atoms with Crippen molar-refractivity contribution in [3.63, 3.8) is 0 Å². The van der Waals surface area contributed by atoms with Crippen LogP contribution in [0.2, 0.25) is 0 Å². The predicted molar refractivity (Wildman–Crippen MR) is 104 cm³/mol. The van der Waals surface area contributed by atoms with Crippen molar-refractivity contribution < 1.29 is 24.2 Å². The van der Waals surface area contributed by atoms with E-state index in [0.29, 0.717) is 30.9 Å². The van der Waals surface area contributed by atoms with Crippen LogP contribution in [0.5, 0.6) is 11.5 Å². The predicted octanol–water partition coefficient (Wildman–Crippen LogP) is 3.55. The highest BCUT2D eigenvalue weighted by Gasteiger charge is 2.37. The second-order valence-corrected chi connectivity index (χ2v) is 7.12. The standard InChI is InChI=1S/C22H25NO5/c24-20(23-22(14-21(25)26)12-6-7-13-22)16-28-19-11-5-4-10-18(19)27-15-17-8-2-1-3-9-17/h1-5,8-11H,6-7,12-16H2,(H,23,24)(H,25,26). The van der Waals surface area contributed by atoms with E-state index in [9.17, 15) is 9.59 Å². The van der Waals surface area contributed by atoms with Crippen LogP contribution >= 0.6 is 0 Å². The van der Waals surface area contributed by atoms with E-state index in [0.717, 1.165) is 18.4 Å². The van der Waals surface area contributed by atoms with Gasteiger partial charge < -0.3 is 19.9 Å². The summed E-state index contributed by atoms with van der Waals surface area (Å²) in [6.07, 6.45) is 3.15. The Morgan fingerprint density at radius 3 is 2.18 bits per heavy atom. The van der Waals surface area contributed by atoms with Crippen LogP contribution in [-0.4, -0.2) is 29.1 Å². The largest absolute Gasteiger partial charge is 0.485 e. The molecule has 0 aromatic heterocycles. The van der Waals surface area contributed by atoms with Gasteiger partial charge in [0.2, 0.25) is 0 Å². The Bertz CT molecular complexity index is 800. The summed E-state index contributed by atoms with van der Waals surface area (Å²) in [5.41, 5.74) is 0.377. The molecule has 0 aliphatic heterocycles. The number of carbonyl (C=O) groups is 2. The van der Waals surface area contributed by atoms with Crippen molar-refractivity contribution in [3.8, 4) is 11.5 Å². The monoisotopic (exact) mass is 383 g/mol. The van der Waals surface area contributed by atoms with Crippen LogP contribution in [0, 0.1) is 0 Å². The van der Waals surface area contributed by atoms with E-state index >= 15 is 0 Å². The summed E-state index contributed by atoms with van der Waals surface area (Å²) in [4.78, 5) is 23.5. The van der Waals surface area contributed by atoms with Gasteiger partial charge in [-0.1, -0.05) is 55.3 Å². The van der Waals surface area contributed by atoms with Crippen molar-refractivity contribution in [2.24, 2.45) is 0 Å². The summed E-state index contributed by atoms with van der Waals surface area (Å²) in [6.45, 7) is 0.211. The molecular weight excluding hydrogens is 358 g/mol. The molecule has 2 aromatic carbocycles. The first-order valence-electron chi connectivity index (χ1n) is 9.48. The molecule has 148 valence electrons. The maximum atomic E-state index is 12.4. The number of rotatable bonds is 9. The Morgan fingerprint density at radius 1 is 0.929 bits per heavy atom. The molecule has 1 aliphatic rings. The number of aliphatic carboxylic acids is 1. The SMILES string of the molecule is O=C(O)CC1(NC(=O)COc2ccccc2OCc2ccccc2)CCCC1. The van der Waals surface area contributed by atoms with Gasteiger partial charge in [0.1, 0.15) is 6.61 Å². The zero-order valence-electron chi connectivity index (χ0n) is 15.7. The summed E-state index contributed by atoms with van der Waals surface area (Å²) < 4.78 is 11.5. The van der Waals surface area contributed by atoms with E-state index in [4.69, 9.17) is 14.6 Å². The molecular formula is C22H25NO5. The molecule has 6 heteroatoms. The normalized spacial score (nSPS) is 15.0. The Hall–Kier alpha value is -3.02. The molecule has 1 saturated carbocycles. The lowest BCUT2D eigenvalue weighted by atomic mass is 9.93. The van der Waals surface area contributed by atoms with Gasteiger partial charge in [0.25, 0.3) is 5.91 Å². The van der Waals surface area contributed by atoms with Crippen LogP contribution in [0.3, 0.4) is 0 Å². The van der Waals surface area contributed by atoms with Gasteiger partial charge in [-0.05, 0) is 30.5 Å². The third kappa shape index (κ3) is 5.49. The fourth-order valence-electron chi connectivity index (χ4n) is 3.59. The molecule has 1 fully saturated rings. The van der Waals surface area contributed by atoms with Crippen LogP contribution in [0.25, 0.3) is 0 Å². The number of carbonyl (C=O) groups excluding carboxylic acids is 1. The van der Waals surface area contributed by atoms with Gasteiger partial charge in [-0.2, -0.15) is 0 Å². The van der Waals surface area contributed by atoms with Crippen LogP contribution in [0.15, 0.2) is 54.6 Å². The molecule has 0 atom stereocenters. The Morgan fingerprint density at radius 2 is 1.54 bits per heavy atom. The van der Waals surface area contributed by atoms with E-state index < -0.39 is 11.5 Å². The average molecular weight is 383 g/mol. The molecule has 1 amide bonds. The number of benzene rings is 2. The fourth-order valence-corrected chi connectivity index (χ4v) is 3.59. The fraction of sp³-hybridized carbons (Fsp3) is 0.364. The third-order valence-corrected chi connectivity index (χ3v) is 4.90. The summed E-state index contributed by atoms with van der Waals surface area (Å²) in [5, 5.41) is 12.0.